The molecule has 108 valence electrons. The van der Waals surface area contributed by atoms with Crippen LogP contribution in [0.5, 0.6) is 11.5 Å². The Hall–Kier alpha value is -1.75. The minimum atomic E-state index is -0.0347. The van der Waals surface area contributed by atoms with Crippen molar-refractivity contribution in [3.63, 3.8) is 0 Å². The number of fused-ring (bicyclic) bond motifs is 1. The van der Waals surface area contributed by atoms with Crippen molar-refractivity contribution in [3.05, 3.63) is 23.8 Å². The number of carbonyl (C=O) groups is 1. The van der Waals surface area contributed by atoms with Crippen molar-refractivity contribution in [3.8, 4) is 11.5 Å². The molecule has 0 aliphatic carbocycles. The zero-order valence-corrected chi connectivity index (χ0v) is 11.5. The molecule has 0 radical (unpaired) electrons. The van der Waals surface area contributed by atoms with Gasteiger partial charge in [-0.2, -0.15) is 0 Å². The summed E-state index contributed by atoms with van der Waals surface area (Å²) in [6.45, 7) is 3.22. The van der Waals surface area contributed by atoms with Crippen LogP contribution >= 0.6 is 0 Å². The van der Waals surface area contributed by atoms with Crippen LogP contribution < -0.4 is 20.1 Å². The van der Waals surface area contributed by atoms with Gasteiger partial charge in [-0.1, -0.05) is 0 Å². The Labute approximate surface area is 118 Å². The Morgan fingerprint density at radius 1 is 1.15 bits per heavy atom. The van der Waals surface area contributed by atoms with Gasteiger partial charge in [0.2, 0.25) is 0 Å². The van der Waals surface area contributed by atoms with Crippen LogP contribution in [0.4, 0.5) is 0 Å². The third-order valence-electron chi connectivity index (χ3n) is 3.68. The Bertz CT molecular complexity index is 484. The van der Waals surface area contributed by atoms with Crippen LogP contribution in [0.2, 0.25) is 0 Å². The summed E-state index contributed by atoms with van der Waals surface area (Å²) < 4.78 is 11.2. The molecule has 2 aliphatic heterocycles. The molecule has 1 aromatic rings. The van der Waals surface area contributed by atoms with Crippen molar-refractivity contribution in [2.45, 2.75) is 25.3 Å². The van der Waals surface area contributed by atoms with E-state index in [1.165, 1.54) is 0 Å². The molecule has 5 nitrogen and oxygen atoms in total. The molecular weight excluding hydrogens is 256 g/mol. The fourth-order valence-corrected chi connectivity index (χ4v) is 2.54. The van der Waals surface area contributed by atoms with Crippen LogP contribution in [0.15, 0.2) is 18.2 Å². The average molecular weight is 276 g/mol. The van der Waals surface area contributed by atoms with Gasteiger partial charge in [0.15, 0.2) is 11.5 Å². The van der Waals surface area contributed by atoms with Crippen LogP contribution in [-0.2, 0) is 0 Å². The van der Waals surface area contributed by atoms with Gasteiger partial charge in [0.1, 0.15) is 0 Å². The molecule has 0 saturated carbocycles. The van der Waals surface area contributed by atoms with Gasteiger partial charge < -0.3 is 20.1 Å². The fraction of sp³-hybridized carbons (Fsp3) is 0.533. The predicted octanol–water partition coefficient (Wildman–Crippen LogP) is 1.33. The van der Waals surface area contributed by atoms with Crippen molar-refractivity contribution < 1.29 is 14.3 Å². The molecule has 0 bridgehead atoms. The molecule has 0 aromatic heterocycles. The summed E-state index contributed by atoms with van der Waals surface area (Å²) in [5, 5.41) is 6.37. The van der Waals surface area contributed by atoms with Crippen LogP contribution in [0.1, 0.15) is 29.6 Å². The third-order valence-corrected chi connectivity index (χ3v) is 3.68. The Morgan fingerprint density at radius 3 is 2.70 bits per heavy atom. The van der Waals surface area contributed by atoms with Gasteiger partial charge in [-0.15, -0.1) is 0 Å². The van der Waals surface area contributed by atoms with Gasteiger partial charge in [-0.3, -0.25) is 4.79 Å². The average Bonchev–Trinajstić information content (AvgIpc) is 2.72. The first-order chi connectivity index (χ1) is 9.83. The van der Waals surface area contributed by atoms with Gasteiger partial charge in [-0.05, 0) is 44.1 Å². The molecule has 0 spiro atoms. The Balaban J connectivity index is 1.69. The molecule has 3 rings (SSSR count). The maximum absolute atomic E-state index is 12.3. The molecule has 0 atom stereocenters. The number of ether oxygens (including phenoxy) is 2. The van der Waals surface area contributed by atoms with Gasteiger partial charge in [0, 0.05) is 18.0 Å². The number of amides is 1. The van der Waals surface area contributed by atoms with E-state index in [1.54, 1.807) is 12.1 Å². The Kier molecular flexibility index (Phi) is 4.06. The normalized spacial score (nSPS) is 19.2. The van der Waals surface area contributed by atoms with Crippen LogP contribution in [0.25, 0.3) is 0 Å². The van der Waals surface area contributed by atoms with E-state index in [0.29, 0.717) is 24.5 Å². The number of rotatable bonds is 2. The van der Waals surface area contributed by atoms with E-state index < -0.39 is 0 Å². The molecule has 2 heterocycles. The predicted molar refractivity (Wildman–Crippen MR) is 75.4 cm³/mol. The maximum Gasteiger partial charge on any atom is 0.251 e. The van der Waals surface area contributed by atoms with Crippen LogP contribution in [0, 0.1) is 0 Å². The lowest BCUT2D eigenvalue weighted by Crippen LogP contribution is -2.42. The minimum Gasteiger partial charge on any atom is -0.490 e. The standard InChI is InChI=1S/C15H20N2O3/c18-15(17-12-4-6-16-7-5-12)11-2-3-13-14(10-11)20-9-1-8-19-13/h2-3,10,12,16H,1,4-9H2,(H,17,18). The van der Waals surface area contributed by atoms with Gasteiger partial charge in [-0.25, -0.2) is 0 Å². The SMILES string of the molecule is O=C(NC1CCNCC1)c1ccc2c(c1)OCCCO2. The first-order valence-electron chi connectivity index (χ1n) is 7.24. The van der Waals surface area contributed by atoms with E-state index in [9.17, 15) is 4.79 Å². The zero-order valence-electron chi connectivity index (χ0n) is 11.5. The lowest BCUT2D eigenvalue weighted by molar-refractivity contribution is 0.0929. The highest BCUT2D eigenvalue weighted by Crippen LogP contribution is 2.30. The first-order valence-corrected chi connectivity index (χ1v) is 7.24. The summed E-state index contributed by atoms with van der Waals surface area (Å²) in [6.07, 6.45) is 2.83. The van der Waals surface area contributed by atoms with E-state index in [4.69, 9.17) is 9.47 Å². The topological polar surface area (TPSA) is 59.6 Å². The van der Waals surface area contributed by atoms with Crippen LogP contribution in [0.3, 0.4) is 0 Å². The highest BCUT2D eigenvalue weighted by Gasteiger charge is 2.18. The number of piperidine rings is 1. The Morgan fingerprint density at radius 2 is 1.90 bits per heavy atom. The minimum absolute atomic E-state index is 0.0347. The smallest absolute Gasteiger partial charge is 0.251 e. The molecular formula is C15H20N2O3. The highest BCUT2D eigenvalue weighted by molar-refractivity contribution is 5.95. The van der Waals surface area contributed by atoms with E-state index >= 15 is 0 Å². The molecule has 1 amide bonds. The van der Waals surface area contributed by atoms with Crippen molar-refractivity contribution in [2.75, 3.05) is 26.3 Å². The second-order valence-corrected chi connectivity index (χ2v) is 5.21. The number of benzene rings is 1. The van der Waals surface area contributed by atoms with Crippen molar-refractivity contribution >= 4 is 5.91 Å². The largest absolute Gasteiger partial charge is 0.490 e. The molecule has 0 unspecified atom stereocenters. The lowest BCUT2D eigenvalue weighted by Gasteiger charge is -2.23. The van der Waals surface area contributed by atoms with E-state index in [1.807, 2.05) is 6.07 Å². The number of nitrogens with one attached hydrogen (secondary N) is 2. The molecule has 20 heavy (non-hydrogen) atoms. The second kappa shape index (κ2) is 6.13. The molecule has 1 aromatic carbocycles. The van der Waals surface area contributed by atoms with Gasteiger partial charge in [0.25, 0.3) is 5.91 Å². The summed E-state index contributed by atoms with van der Waals surface area (Å²) in [4.78, 5) is 12.3. The fourth-order valence-electron chi connectivity index (χ4n) is 2.54. The first kappa shape index (κ1) is 13.2. The van der Waals surface area contributed by atoms with E-state index in [-0.39, 0.29) is 11.9 Å². The molecule has 1 saturated heterocycles. The zero-order chi connectivity index (χ0) is 13.8. The van der Waals surface area contributed by atoms with Crippen LogP contribution in [-0.4, -0.2) is 38.3 Å². The van der Waals surface area contributed by atoms with Gasteiger partial charge in [0.05, 0.1) is 13.2 Å². The second-order valence-electron chi connectivity index (χ2n) is 5.21. The van der Waals surface area contributed by atoms with Crippen molar-refractivity contribution in [1.29, 1.82) is 0 Å². The summed E-state index contributed by atoms with van der Waals surface area (Å²) in [5.41, 5.74) is 0.632. The number of carbonyl (C=O) groups excluding carboxylic acids is 1. The van der Waals surface area contributed by atoms with Crippen molar-refractivity contribution in [2.24, 2.45) is 0 Å². The highest BCUT2D eigenvalue weighted by atomic mass is 16.5. The van der Waals surface area contributed by atoms with Crippen molar-refractivity contribution in [1.82, 2.24) is 10.6 Å². The molecule has 5 heteroatoms. The maximum atomic E-state index is 12.3. The van der Waals surface area contributed by atoms with Gasteiger partial charge >= 0.3 is 0 Å². The third kappa shape index (κ3) is 3.04. The quantitative estimate of drug-likeness (QED) is 0.855. The number of hydrogen-bond acceptors (Lipinski definition) is 4. The monoisotopic (exact) mass is 276 g/mol. The van der Waals surface area contributed by atoms with E-state index in [0.717, 1.165) is 38.1 Å². The summed E-state index contributed by atoms with van der Waals surface area (Å²) in [6, 6.07) is 5.65. The number of hydrogen-bond donors (Lipinski definition) is 2. The summed E-state index contributed by atoms with van der Waals surface area (Å²) in [7, 11) is 0. The molecule has 1 fully saturated rings. The van der Waals surface area contributed by atoms with E-state index in [2.05, 4.69) is 10.6 Å². The molecule has 2 aliphatic rings. The molecule has 2 N–H and O–H groups in total. The summed E-state index contributed by atoms with van der Waals surface area (Å²) >= 11 is 0. The lowest BCUT2D eigenvalue weighted by atomic mass is 10.1. The summed E-state index contributed by atoms with van der Waals surface area (Å²) in [5.74, 6) is 1.36.